The molecule has 0 saturated carbocycles. The molecule has 0 heterocycles. The Morgan fingerprint density at radius 1 is 1.40 bits per heavy atom. The van der Waals surface area contributed by atoms with Crippen molar-refractivity contribution < 1.29 is 17.9 Å². The van der Waals surface area contributed by atoms with Gasteiger partial charge in [-0.15, -0.1) is 12.6 Å². The standard InChI is InChI=1S/C9H6F3NOS/c1-14-8-5(4-13)2-3-6(15)7(8)9(10,11)12/h2-3,15H,1H3. The molecule has 1 rings (SSSR count). The van der Waals surface area contributed by atoms with E-state index in [1.807, 2.05) is 0 Å². The quantitative estimate of drug-likeness (QED) is 0.756. The summed E-state index contributed by atoms with van der Waals surface area (Å²) in [6, 6.07) is 3.98. The van der Waals surface area contributed by atoms with Gasteiger partial charge in [-0.2, -0.15) is 18.4 Å². The van der Waals surface area contributed by atoms with Crippen LogP contribution in [0, 0.1) is 11.3 Å². The number of hydrogen-bond donors (Lipinski definition) is 1. The summed E-state index contributed by atoms with van der Waals surface area (Å²) in [6.45, 7) is 0. The van der Waals surface area contributed by atoms with Crippen molar-refractivity contribution in [1.82, 2.24) is 0 Å². The van der Waals surface area contributed by atoms with Crippen LogP contribution in [0.3, 0.4) is 0 Å². The molecule has 0 radical (unpaired) electrons. The molecule has 0 fully saturated rings. The van der Waals surface area contributed by atoms with Gasteiger partial charge in [0.15, 0.2) is 0 Å². The third-order valence-electron chi connectivity index (χ3n) is 1.74. The second-order valence-electron chi connectivity index (χ2n) is 2.65. The molecule has 0 atom stereocenters. The Labute approximate surface area is 89.7 Å². The first kappa shape index (κ1) is 11.7. The van der Waals surface area contributed by atoms with Crippen LogP contribution in [0.4, 0.5) is 13.2 Å². The molecule has 0 amide bonds. The van der Waals surface area contributed by atoms with Gasteiger partial charge < -0.3 is 4.74 Å². The molecule has 6 heteroatoms. The van der Waals surface area contributed by atoms with Crippen LogP contribution in [0.1, 0.15) is 11.1 Å². The van der Waals surface area contributed by atoms with Crippen LogP contribution in [-0.2, 0) is 6.18 Å². The number of thiol groups is 1. The van der Waals surface area contributed by atoms with Gasteiger partial charge in [-0.3, -0.25) is 0 Å². The number of nitrogens with zero attached hydrogens (tertiary/aromatic N) is 1. The highest BCUT2D eigenvalue weighted by molar-refractivity contribution is 7.80. The normalized spacial score (nSPS) is 10.9. The van der Waals surface area contributed by atoms with Gasteiger partial charge in [0, 0.05) is 4.90 Å². The fraction of sp³-hybridized carbons (Fsp3) is 0.222. The van der Waals surface area contributed by atoms with Crippen molar-refractivity contribution in [3.63, 3.8) is 0 Å². The van der Waals surface area contributed by atoms with Crippen LogP contribution < -0.4 is 4.74 Å². The predicted octanol–water partition coefficient (Wildman–Crippen LogP) is 2.87. The summed E-state index contributed by atoms with van der Waals surface area (Å²) < 4.78 is 42.3. The van der Waals surface area contributed by atoms with Gasteiger partial charge in [0.25, 0.3) is 0 Å². The van der Waals surface area contributed by atoms with Crippen LogP contribution >= 0.6 is 12.6 Å². The molecule has 1 aromatic rings. The molecule has 0 bridgehead atoms. The predicted molar refractivity (Wildman–Crippen MR) is 50.0 cm³/mol. The van der Waals surface area contributed by atoms with Crippen molar-refractivity contribution in [3.05, 3.63) is 23.3 Å². The minimum atomic E-state index is -4.59. The summed E-state index contributed by atoms with van der Waals surface area (Å²) >= 11 is 3.69. The van der Waals surface area contributed by atoms with Crippen molar-refractivity contribution in [2.24, 2.45) is 0 Å². The average molecular weight is 233 g/mol. The van der Waals surface area contributed by atoms with Gasteiger partial charge in [-0.05, 0) is 12.1 Å². The molecular weight excluding hydrogens is 227 g/mol. The second-order valence-corrected chi connectivity index (χ2v) is 3.13. The summed E-state index contributed by atoms with van der Waals surface area (Å²) in [5, 5.41) is 8.61. The lowest BCUT2D eigenvalue weighted by Crippen LogP contribution is -2.09. The maximum absolute atomic E-state index is 12.6. The number of methoxy groups -OCH3 is 1. The molecule has 0 aliphatic rings. The van der Waals surface area contributed by atoms with Gasteiger partial charge in [0.05, 0.1) is 12.7 Å². The zero-order valence-corrected chi connectivity index (χ0v) is 8.49. The number of nitriles is 1. The number of alkyl halides is 3. The second kappa shape index (κ2) is 4.03. The molecule has 15 heavy (non-hydrogen) atoms. The van der Waals surface area contributed by atoms with Crippen molar-refractivity contribution in [1.29, 1.82) is 5.26 Å². The first-order valence-electron chi connectivity index (χ1n) is 3.79. The van der Waals surface area contributed by atoms with Gasteiger partial charge in [-0.25, -0.2) is 0 Å². The highest BCUT2D eigenvalue weighted by Gasteiger charge is 2.37. The van der Waals surface area contributed by atoms with Gasteiger partial charge in [0.2, 0.25) is 0 Å². The molecule has 80 valence electrons. The number of halogens is 3. The maximum Gasteiger partial charge on any atom is 0.421 e. The summed E-state index contributed by atoms with van der Waals surface area (Å²) in [7, 11) is 1.08. The summed E-state index contributed by atoms with van der Waals surface area (Å²) in [4.78, 5) is -0.265. The van der Waals surface area contributed by atoms with Gasteiger partial charge >= 0.3 is 6.18 Å². The van der Waals surface area contributed by atoms with Crippen LogP contribution in [0.5, 0.6) is 5.75 Å². The summed E-state index contributed by atoms with van der Waals surface area (Å²) in [5.41, 5.74) is -1.19. The van der Waals surface area contributed by atoms with E-state index in [-0.39, 0.29) is 10.5 Å². The third-order valence-corrected chi connectivity index (χ3v) is 2.12. The van der Waals surface area contributed by atoms with Crippen molar-refractivity contribution in [2.75, 3.05) is 7.11 Å². The van der Waals surface area contributed by atoms with Crippen LogP contribution in [-0.4, -0.2) is 7.11 Å². The molecule has 0 aromatic heterocycles. The molecule has 1 aromatic carbocycles. The average Bonchev–Trinajstić information content (AvgIpc) is 2.15. The Kier molecular flexibility index (Phi) is 3.15. The van der Waals surface area contributed by atoms with Crippen LogP contribution in [0.25, 0.3) is 0 Å². The van der Waals surface area contributed by atoms with E-state index in [1.54, 1.807) is 6.07 Å². The molecule has 0 spiro atoms. The molecule has 2 nitrogen and oxygen atoms in total. The van der Waals surface area contributed by atoms with Crippen molar-refractivity contribution in [2.45, 2.75) is 11.1 Å². The summed E-state index contributed by atoms with van der Waals surface area (Å²) in [5.74, 6) is -0.488. The zero-order chi connectivity index (χ0) is 11.6. The lowest BCUT2D eigenvalue weighted by Gasteiger charge is -2.14. The number of benzene rings is 1. The van der Waals surface area contributed by atoms with E-state index in [2.05, 4.69) is 17.4 Å². The topological polar surface area (TPSA) is 33.0 Å². The Morgan fingerprint density at radius 3 is 2.40 bits per heavy atom. The van der Waals surface area contributed by atoms with E-state index in [0.29, 0.717) is 0 Å². The number of hydrogen-bond acceptors (Lipinski definition) is 3. The lowest BCUT2D eigenvalue weighted by atomic mass is 10.1. The highest BCUT2D eigenvalue weighted by Crippen LogP contribution is 2.41. The van der Waals surface area contributed by atoms with E-state index >= 15 is 0 Å². The number of ether oxygens (including phenoxy) is 1. The first-order valence-corrected chi connectivity index (χ1v) is 4.23. The first-order chi connectivity index (χ1) is 6.91. The molecule has 0 saturated heterocycles. The fourth-order valence-electron chi connectivity index (χ4n) is 1.15. The zero-order valence-electron chi connectivity index (χ0n) is 7.59. The Bertz CT molecular complexity index is 423. The summed E-state index contributed by atoms with van der Waals surface area (Å²) in [6.07, 6.45) is -4.59. The molecule has 0 aliphatic carbocycles. The van der Waals surface area contributed by atoms with Crippen LogP contribution in [0.2, 0.25) is 0 Å². The molecular formula is C9H6F3NOS. The molecule has 0 aliphatic heterocycles. The highest BCUT2D eigenvalue weighted by atomic mass is 32.1. The van der Waals surface area contributed by atoms with E-state index in [4.69, 9.17) is 5.26 Å². The Morgan fingerprint density at radius 2 is 2.00 bits per heavy atom. The van der Waals surface area contributed by atoms with Crippen molar-refractivity contribution >= 4 is 12.6 Å². The van der Waals surface area contributed by atoms with E-state index < -0.39 is 17.5 Å². The van der Waals surface area contributed by atoms with Crippen molar-refractivity contribution in [3.8, 4) is 11.8 Å². The van der Waals surface area contributed by atoms with E-state index in [0.717, 1.165) is 13.2 Å². The molecule has 0 N–H and O–H groups in total. The van der Waals surface area contributed by atoms with E-state index in [9.17, 15) is 13.2 Å². The maximum atomic E-state index is 12.6. The third kappa shape index (κ3) is 2.18. The monoisotopic (exact) mass is 233 g/mol. The fourth-order valence-corrected chi connectivity index (χ4v) is 1.45. The lowest BCUT2D eigenvalue weighted by molar-refractivity contribution is -0.140. The largest absolute Gasteiger partial charge is 0.495 e. The smallest absolute Gasteiger partial charge is 0.421 e. The van der Waals surface area contributed by atoms with Gasteiger partial charge in [-0.1, -0.05) is 0 Å². The number of rotatable bonds is 1. The Balaban J connectivity index is 3.55. The van der Waals surface area contributed by atoms with Gasteiger partial charge in [0.1, 0.15) is 17.4 Å². The van der Waals surface area contributed by atoms with E-state index in [1.165, 1.54) is 6.07 Å². The van der Waals surface area contributed by atoms with Crippen LogP contribution in [0.15, 0.2) is 17.0 Å². The Hall–Kier alpha value is -1.35. The minimum absolute atomic E-state index is 0.164. The molecule has 0 unspecified atom stereocenters. The SMILES string of the molecule is COc1c(C#N)ccc(S)c1C(F)(F)F. The minimum Gasteiger partial charge on any atom is -0.495 e.